The van der Waals surface area contributed by atoms with Gasteiger partial charge in [0.1, 0.15) is 5.76 Å². The molecule has 2 aromatic rings. The first kappa shape index (κ1) is 14.5. The molecule has 1 amide bonds. The number of aromatic nitrogens is 2. The van der Waals surface area contributed by atoms with Crippen molar-refractivity contribution in [3.63, 3.8) is 0 Å². The van der Waals surface area contributed by atoms with Crippen molar-refractivity contribution < 1.29 is 9.21 Å². The van der Waals surface area contributed by atoms with Gasteiger partial charge in [0.25, 0.3) is 0 Å². The van der Waals surface area contributed by atoms with Gasteiger partial charge in [0.15, 0.2) is 0 Å². The number of nitrogens with zero attached hydrogens (tertiary/aromatic N) is 3. The van der Waals surface area contributed by atoms with E-state index in [-0.39, 0.29) is 11.8 Å². The Morgan fingerprint density at radius 2 is 2.35 bits per heavy atom. The van der Waals surface area contributed by atoms with Gasteiger partial charge in [-0.05, 0) is 31.4 Å². The number of carbonyl (C=O) groups is 1. The molecule has 1 saturated carbocycles. The molecule has 6 nitrogen and oxygen atoms in total. The number of nitrogens with one attached hydrogen (secondary N) is 1. The Bertz CT molecular complexity index is 688. The van der Waals surface area contributed by atoms with E-state index in [4.69, 9.17) is 4.42 Å². The first-order valence-electron chi connectivity index (χ1n) is 8.26. The quantitative estimate of drug-likeness (QED) is 0.934. The SMILES string of the molecule is Cn1cnc2c1[C@@H](C(=O)NC1CCC1)CN(Cc1ccco1)C2. The first-order chi connectivity index (χ1) is 11.2. The zero-order valence-corrected chi connectivity index (χ0v) is 13.4. The van der Waals surface area contributed by atoms with Crippen LogP contribution in [0.1, 0.15) is 42.3 Å². The Hall–Kier alpha value is -2.08. The fourth-order valence-electron chi connectivity index (χ4n) is 3.48. The Labute approximate surface area is 135 Å². The summed E-state index contributed by atoms with van der Waals surface area (Å²) in [6, 6.07) is 4.23. The van der Waals surface area contributed by atoms with Crippen molar-refractivity contribution in [2.45, 2.75) is 44.3 Å². The smallest absolute Gasteiger partial charge is 0.230 e. The highest BCUT2D eigenvalue weighted by atomic mass is 16.3. The van der Waals surface area contributed by atoms with Crippen LogP contribution in [-0.4, -0.2) is 32.9 Å². The molecular weight excluding hydrogens is 292 g/mol. The van der Waals surface area contributed by atoms with E-state index >= 15 is 0 Å². The van der Waals surface area contributed by atoms with Crippen molar-refractivity contribution in [3.8, 4) is 0 Å². The molecule has 1 fully saturated rings. The van der Waals surface area contributed by atoms with E-state index < -0.39 is 0 Å². The second kappa shape index (κ2) is 5.85. The molecule has 6 heteroatoms. The van der Waals surface area contributed by atoms with E-state index in [1.807, 2.05) is 30.1 Å². The average Bonchev–Trinajstić information content (AvgIpc) is 3.12. The minimum atomic E-state index is -0.165. The summed E-state index contributed by atoms with van der Waals surface area (Å²) in [6.45, 7) is 2.16. The number of rotatable bonds is 4. The van der Waals surface area contributed by atoms with Gasteiger partial charge in [-0.15, -0.1) is 0 Å². The normalized spacial score (nSPS) is 21.7. The molecule has 0 unspecified atom stereocenters. The highest BCUT2D eigenvalue weighted by Crippen LogP contribution is 2.29. The second-order valence-electron chi connectivity index (χ2n) is 6.63. The number of carbonyl (C=O) groups excluding carboxylic acids is 1. The molecule has 1 N–H and O–H groups in total. The fraction of sp³-hybridized carbons (Fsp3) is 0.529. The predicted molar refractivity (Wildman–Crippen MR) is 84.6 cm³/mol. The van der Waals surface area contributed by atoms with Crippen LogP contribution in [0.25, 0.3) is 0 Å². The molecule has 1 atom stereocenters. The van der Waals surface area contributed by atoms with Gasteiger partial charge in [0.2, 0.25) is 5.91 Å². The Kier molecular flexibility index (Phi) is 3.69. The number of amides is 1. The van der Waals surface area contributed by atoms with E-state index in [1.54, 1.807) is 6.26 Å². The van der Waals surface area contributed by atoms with Crippen LogP contribution in [0.3, 0.4) is 0 Å². The standard InChI is InChI=1S/C17H22N4O2/c1-20-11-18-15-10-21(8-13-6-3-7-23-13)9-14(16(15)20)17(22)19-12-4-2-5-12/h3,6-7,11-12,14H,2,4-5,8-10H2,1H3,(H,19,22)/t14-/m0/s1. The molecule has 0 spiro atoms. The van der Waals surface area contributed by atoms with Gasteiger partial charge in [-0.25, -0.2) is 4.98 Å². The fourth-order valence-corrected chi connectivity index (χ4v) is 3.48. The molecule has 23 heavy (non-hydrogen) atoms. The zero-order chi connectivity index (χ0) is 15.8. The Morgan fingerprint density at radius 3 is 3.04 bits per heavy atom. The molecule has 1 aliphatic heterocycles. The number of fused-ring (bicyclic) bond motifs is 1. The molecule has 122 valence electrons. The largest absolute Gasteiger partial charge is 0.468 e. The van der Waals surface area contributed by atoms with Gasteiger partial charge < -0.3 is 14.3 Å². The van der Waals surface area contributed by atoms with Gasteiger partial charge >= 0.3 is 0 Å². The molecule has 0 aromatic carbocycles. The minimum Gasteiger partial charge on any atom is -0.468 e. The molecule has 0 bridgehead atoms. The lowest BCUT2D eigenvalue weighted by atomic mass is 9.91. The minimum absolute atomic E-state index is 0.128. The van der Waals surface area contributed by atoms with Crippen molar-refractivity contribution in [2.24, 2.45) is 7.05 Å². The summed E-state index contributed by atoms with van der Waals surface area (Å²) in [4.78, 5) is 19.5. The highest BCUT2D eigenvalue weighted by Gasteiger charge is 2.35. The van der Waals surface area contributed by atoms with E-state index in [1.165, 1.54) is 6.42 Å². The van der Waals surface area contributed by atoms with Crippen LogP contribution in [0, 0.1) is 0 Å². The maximum Gasteiger partial charge on any atom is 0.230 e. The van der Waals surface area contributed by atoms with Gasteiger partial charge in [-0.3, -0.25) is 9.69 Å². The number of hydrogen-bond donors (Lipinski definition) is 1. The molecule has 0 radical (unpaired) electrons. The van der Waals surface area contributed by atoms with Crippen LogP contribution in [0.4, 0.5) is 0 Å². The Morgan fingerprint density at radius 1 is 1.48 bits per heavy atom. The Balaban J connectivity index is 1.55. The third-order valence-corrected chi connectivity index (χ3v) is 4.93. The summed E-state index contributed by atoms with van der Waals surface area (Å²) in [6.07, 6.45) is 6.92. The summed E-state index contributed by atoms with van der Waals surface area (Å²) >= 11 is 0. The second-order valence-corrected chi connectivity index (χ2v) is 6.63. The summed E-state index contributed by atoms with van der Waals surface area (Å²) in [5, 5.41) is 3.19. The highest BCUT2D eigenvalue weighted by molar-refractivity contribution is 5.84. The third kappa shape index (κ3) is 2.79. The van der Waals surface area contributed by atoms with Gasteiger partial charge in [0.05, 0.1) is 36.4 Å². The molecule has 2 aromatic heterocycles. The monoisotopic (exact) mass is 314 g/mol. The van der Waals surface area contributed by atoms with Gasteiger partial charge in [-0.1, -0.05) is 0 Å². The topological polar surface area (TPSA) is 63.3 Å². The van der Waals surface area contributed by atoms with E-state index in [0.717, 1.165) is 36.5 Å². The molecule has 1 aliphatic carbocycles. The van der Waals surface area contributed by atoms with Crippen LogP contribution in [0.2, 0.25) is 0 Å². The van der Waals surface area contributed by atoms with E-state index in [9.17, 15) is 4.79 Å². The lowest BCUT2D eigenvalue weighted by molar-refractivity contribution is -0.124. The number of furan rings is 1. The van der Waals surface area contributed by atoms with Crippen LogP contribution in [0.15, 0.2) is 29.1 Å². The van der Waals surface area contributed by atoms with Crippen molar-refractivity contribution in [2.75, 3.05) is 6.54 Å². The zero-order valence-electron chi connectivity index (χ0n) is 13.4. The number of imidazole rings is 1. The summed E-state index contributed by atoms with van der Waals surface area (Å²) < 4.78 is 7.44. The maximum atomic E-state index is 12.8. The van der Waals surface area contributed by atoms with Crippen molar-refractivity contribution in [1.82, 2.24) is 19.8 Å². The number of hydrogen-bond acceptors (Lipinski definition) is 4. The molecule has 0 saturated heterocycles. The van der Waals surface area contributed by atoms with Crippen LogP contribution in [0.5, 0.6) is 0 Å². The molecule has 3 heterocycles. The van der Waals surface area contributed by atoms with Crippen LogP contribution in [-0.2, 0) is 24.9 Å². The summed E-state index contributed by atoms with van der Waals surface area (Å²) in [7, 11) is 1.97. The lowest BCUT2D eigenvalue weighted by Crippen LogP contribution is -2.46. The first-order valence-corrected chi connectivity index (χ1v) is 8.26. The van der Waals surface area contributed by atoms with Crippen molar-refractivity contribution in [1.29, 1.82) is 0 Å². The summed E-state index contributed by atoms with van der Waals surface area (Å²) in [5.41, 5.74) is 2.05. The lowest BCUT2D eigenvalue weighted by Gasteiger charge is -2.34. The average molecular weight is 314 g/mol. The van der Waals surface area contributed by atoms with E-state index in [0.29, 0.717) is 19.1 Å². The van der Waals surface area contributed by atoms with Crippen LogP contribution >= 0.6 is 0 Å². The molecular formula is C17H22N4O2. The van der Waals surface area contributed by atoms with Gasteiger partial charge in [-0.2, -0.15) is 0 Å². The molecule has 4 rings (SSSR count). The van der Waals surface area contributed by atoms with Crippen LogP contribution < -0.4 is 5.32 Å². The number of aryl methyl sites for hydroxylation is 1. The predicted octanol–water partition coefficient (Wildman–Crippen LogP) is 1.78. The molecule has 2 aliphatic rings. The van der Waals surface area contributed by atoms with E-state index in [2.05, 4.69) is 15.2 Å². The van der Waals surface area contributed by atoms with Gasteiger partial charge in [0, 0.05) is 26.2 Å². The third-order valence-electron chi connectivity index (χ3n) is 4.93. The van der Waals surface area contributed by atoms with Crippen molar-refractivity contribution in [3.05, 3.63) is 41.9 Å². The van der Waals surface area contributed by atoms with Crippen molar-refractivity contribution >= 4 is 5.91 Å². The maximum absolute atomic E-state index is 12.8. The summed E-state index contributed by atoms with van der Waals surface area (Å²) in [5.74, 6) is 0.882.